The van der Waals surface area contributed by atoms with Crippen LogP contribution in [0.5, 0.6) is 17.2 Å². The van der Waals surface area contributed by atoms with Gasteiger partial charge in [-0.3, -0.25) is 9.48 Å². The Labute approximate surface area is 175 Å². The van der Waals surface area contributed by atoms with Crippen LogP contribution in [0.4, 0.5) is 0 Å². The van der Waals surface area contributed by atoms with Gasteiger partial charge >= 0.3 is 0 Å². The maximum atomic E-state index is 12.8. The van der Waals surface area contributed by atoms with Crippen molar-refractivity contribution in [1.82, 2.24) is 9.78 Å². The van der Waals surface area contributed by atoms with E-state index in [0.29, 0.717) is 36.6 Å². The number of fused-ring (bicyclic) bond motifs is 1. The molecule has 1 aliphatic rings. The van der Waals surface area contributed by atoms with Crippen LogP contribution >= 0.6 is 0 Å². The van der Waals surface area contributed by atoms with Crippen LogP contribution in [-0.4, -0.2) is 36.4 Å². The lowest BCUT2D eigenvalue weighted by molar-refractivity contribution is 0.104. The molecule has 0 unspecified atom stereocenters. The van der Waals surface area contributed by atoms with Crippen molar-refractivity contribution in [2.24, 2.45) is 0 Å². The van der Waals surface area contributed by atoms with Gasteiger partial charge in [-0.15, -0.1) is 0 Å². The molecule has 0 saturated heterocycles. The van der Waals surface area contributed by atoms with E-state index >= 15 is 0 Å². The number of methoxy groups -OCH3 is 2. The predicted octanol–water partition coefficient (Wildman–Crippen LogP) is 4.11. The van der Waals surface area contributed by atoms with E-state index in [1.54, 1.807) is 26.5 Å². The van der Waals surface area contributed by atoms with Crippen molar-refractivity contribution >= 4 is 11.9 Å². The fourth-order valence-corrected chi connectivity index (χ4v) is 3.60. The number of Topliss-reactive ketones (excluding diaryl/α,β-unsaturated/α-hetero) is 1. The van der Waals surface area contributed by atoms with Crippen molar-refractivity contribution < 1.29 is 19.0 Å². The van der Waals surface area contributed by atoms with Crippen molar-refractivity contribution in [2.45, 2.75) is 19.9 Å². The third kappa shape index (κ3) is 3.94. The Kier molecular flexibility index (Phi) is 5.57. The number of hydrogen-bond donors (Lipinski definition) is 0. The first-order chi connectivity index (χ1) is 14.6. The molecule has 0 radical (unpaired) electrons. The summed E-state index contributed by atoms with van der Waals surface area (Å²) in [6, 6.07) is 13.4. The number of benzene rings is 2. The average molecular weight is 404 g/mol. The molecule has 154 valence electrons. The number of hydrogen-bond acceptors (Lipinski definition) is 5. The fraction of sp³-hybridized carbons (Fsp3) is 0.250. The molecule has 0 saturated carbocycles. The zero-order chi connectivity index (χ0) is 21.1. The number of rotatable bonds is 7. The second-order valence-electron chi connectivity index (χ2n) is 7.15. The first-order valence-electron chi connectivity index (χ1n) is 9.80. The molecule has 0 atom stereocenters. The van der Waals surface area contributed by atoms with Crippen molar-refractivity contribution in [2.75, 3.05) is 20.8 Å². The fourth-order valence-electron chi connectivity index (χ4n) is 3.60. The van der Waals surface area contributed by atoms with Crippen molar-refractivity contribution in [1.29, 1.82) is 0 Å². The Balaban J connectivity index is 1.43. The normalized spacial score (nSPS) is 14.1. The molecule has 4 rings (SSSR count). The summed E-state index contributed by atoms with van der Waals surface area (Å²) in [5.41, 5.74) is 4.45. The van der Waals surface area contributed by atoms with Gasteiger partial charge in [0, 0.05) is 29.4 Å². The highest BCUT2D eigenvalue weighted by Crippen LogP contribution is 2.37. The molecule has 0 amide bonds. The quantitative estimate of drug-likeness (QED) is 0.555. The minimum absolute atomic E-state index is 0.0286. The Morgan fingerprint density at radius 3 is 2.47 bits per heavy atom. The summed E-state index contributed by atoms with van der Waals surface area (Å²) in [4.78, 5) is 12.8. The molecule has 6 heteroatoms. The number of allylic oxidation sites excluding steroid dienone is 1. The topological polar surface area (TPSA) is 62.6 Å². The van der Waals surface area contributed by atoms with Gasteiger partial charge in [0.1, 0.15) is 12.4 Å². The summed E-state index contributed by atoms with van der Waals surface area (Å²) >= 11 is 0. The largest absolute Gasteiger partial charge is 0.493 e. The highest BCUT2D eigenvalue weighted by atomic mass is 16.5. The van der Waals surface area contributed by atoms with Gasteiger partial charge in [-0.25, -0.2) is 0 Å². The summed E-state index contributed by atoms with van der Waals surface area (Å²) < 4.78 is 18.4. The average Bonchev–Trinajstić information content (AvgIpc) is 3.31. The summed E-state index contributed by atoms with van der Waals surface area (Å²) in [5.74, 6) is 2.02. The van der Waals surface area contributed by atoms with Crippen LogP contribution < -0.4 is 14.2 Å². The molecule has 0 aliphatic heterocycles. The van der Waals surface area contributed by atoms with Gasteiger partial charge in [-0.1, -0.05) is 12.1 Å². The van der Waals surface area contributed by atoms with Crippen molar-refractivity contribution in [3.05, 3.63) is 76.6 Å². The summed E-state index contributed by atoms with van der Waals surface area (Å²) in [6.07, 6.45) is 4.29. The Bertz CT molecular complexity index is 1100. The van der Waals surface area contributed by atoms with Crippen LogP contribution in [-0.2, 0) is 13.0 Å². The molecule has 3 aromatic rings. The number of ether oxygens (including phenoxy) is 3. The highest BCUT2D eigenvalue weighted by molar-refractivity contribution is 6.15. The molecule has 6 nitrogen and oxygen atoms in total. The summed E-state index contributed by atoms with van der Waals surface area (Å²) in [6.45, 7) is 3.26. The Morgan fingerprint density at radius 1 is 1.07 bits per heavy atom. The van der Waals surface area contributed by atoms with Gasteiger partial charge in [0.2, 0.25) is 0 Å². The summed E-state index contributed by atoms with van der Waals surface area (Å²) in [5, 5.41) is 4.25. The van der Waals surface area contributed by atoms with Gasteiger partial charge < -0.3 is 14.2 Å². The standard InChI is InChI=1S/C24H24N2O4/c1-16-8-9-25-26(16)10-11-30-20-6-4-17(5-7-20)12-19-13-18-14-22(28-2)23(29-3)15-21(18)24(19)27/h4-9,12,14-15H,10-11,13H2,1-3H3/b19-12-. The number of carbonyl (C=O) groups is 1. The van der Waals surface area contributed by atoms with Gasteiger partial charge in [0.25, 0.3) is 0 Å². The van der Waals surface area contributed by atoms with Crippen LogP contribution in [0.3, 0.4) is 0 Å². The van der Waals surface area contributed by atoms with Gasteiger partial charge in [-0.05, 0) is 54.5 Å². The Morgan fingerprint density at radius 2 is 1.80 bits per heavy atom. The minimum Gasteiger partial charge on any atom is -0.493 e. The number of aromatic nitrogens is 2. The first kappa shape index (κ1) is 19.8. The molecule has 1 aliphatic carbocycles. The van der Waals surface area contributed by atoms with Crippen LogP contribution in [0.1, 0.15) is 27.2 Å². The van der Waals surface area contributed by atoms with E-state index in [1.807, 2.05) is 54.1 Å². The maximum Gasteiger partial charge on any atom is 0.189 e. The zero-order valence-electron chi connectivity index (χ0n) is 17.3. The second kappa shape index (κ2) is 8.45. The van der Waals surface area contributed by atoms with Crippen LogP contribution in [0.15, 0.2) is 54.2 Å². The summed E-state index contributed by atoms with van der Waals surface area (Å²) in [7, 11) is 3.16. The smallest absolute Gasteiger partial charge is 0.189 e. The second-order valence-corrected chi connectivity index (χ2v) is 7.15. The monoisotopic (exact) mass is 404 g/mol. The maximum absolute atomic E-state index is 12.8. The van der Waals surface area contributed by atoms with E-state index in [1.165, 1.54) is 0 Å². The van der Waals surface area contributed by atoms with E-state index in [-0.39, 0.29) is 5.78 Å². The zero-order valence-corrected chi connectivity index (χ0v) is 17.3. The molecule has 2 aromatic carbocycles. The SMILES string of the molecule is COc1cc2c(cc1OC)C(=O)/C(=C\c1ccc(OCCn3nccc3C)cc1)C2. The third-order valence-corrected chi connectivity index (χ3v) is 5.25. The van der Waals surface area contributed by atoms with Gasteiger partial charge in [-0.2, -0.15) is 5.10 Å². The van der Waals surface area contributed by atoms with E-state index in [9.17, 15) is 4.79 Å². The first-order valence-corrected chi connectivity index (χ1v) is 9.80. The van der Waals surface area contributed by atoms with E-state index in [2.05, 4.69) is 5.10 Å². The molecular weight excluding hydrogens is 380 g/mol. The van der Waals surface area contributed by atoms with Gasteiger partial charge in [0.05, 0.1) is 20.8 Å². The van der Waals surface area contributed by atoms with E-state index in [4.69, 9.17) is 14.2 Å². The molecule has 30 heavy (non-hydrogen) atoms. The molecular formula is C24H24N2O4. The predicted molar refractivity (Wildman–Crippen MR) is 114 cm³/mol. The molecule has 0 bridgehead atoms. The number of aryl methyl sites for hydroxylation is 1. The lowest BCUT2D eigenvalue weighted by atomic mass is 10.1. The van der Waals surface area contributed by atoms with E-state index in [0.717, 1.165) is 28.1 Å². The highest BCUT2D eigenvalue weighted by Gasteiger charge is 2.27. The van der Waals surface area contributed by atoms with Crippen LogP contribution in [0.25, 0.3) is 6.08 Å². The number of nitrogens with zero attached hydrogens (tertiary/aromatic N) is 2. The number of ketones is 1. The molecule has 1 heterocycles. The Hall–Kier alpha value is -3.54. The molecule has 0 N–H and O–H groups in total. The van der Waals surface area contributed by atoms with Crippen LogP contribution in [0, 0.1) is 6.92 Å². The van der Waals surface area contributed by atoms with Gasteiger partial charge in [0.15, 0.2) is 17.3 Å². The number of carbonyl (C=O) groups excluding carboxylic acids is 1. The van der Waals surface area contributed by atoms with Crippen molar-refractivity contribution in [3.63, 3.8) is 0 Å². The minimum atomic E-state index is 0.0286. The van der Waals surface area contributed by atoms with E-state index < -0.39 is 0 Å². The lowest BCUT2D eigenvalue weighted by Gasteiger charge is -2.08. The van der Waals surface area contributed by atoms with Crippen LogP contribution in [0.2, 0.25) is 0 Å². The third-order valence-electron chi connectivity index (χ3n) is 5.25. The molecule has 0 fully saturated rings. The molecule has 0 spiro atoms. The molecule has 1 aromatic heterocycles. The lowest BCUT2D eigenvalue weighted by Crippen LogP contribution is -2.10. The van der Waals surface area contributed by atoms with Crippen molar-refractivity contribution in [3.8, 4) is 17.2 Å².